The van der Waals surface area contributed by atoms with Gasteiger partial charge in [-0.3, -0.25) is 9.59 Å². The van der Waals surface area contributed by atoms with Gasteiger partial charge in [0.25, 0.3) is 0 Å². The van der Waals surface area contributed by atoms with Crippen molar-refractivity contribution in [2.24, 2.45) is 0 Å². The van der Waals surface area contributed by atoms with Crippen LogP contribution < -0.4 is 0 Å². The maximum Gasteiger partial charge on any atom is 0.226 e. The molecule has 0 amide bonds. The van der Waals surface area contributed by atoms with Gasteiger partial charge in [-0.05, 0) is 43.0 Å². The molecule has 1 saturated heterocycles. The molecule has 1 heterocycles. The number of carbonyl (C=O) groups excluding carboxylic acids is 2. The van der Waals surface area contributed by atoms with E-state index < -0.39 is 18.0 Å². The first-order valence-electron chi connectivity index (χ1n) is 8.40. The molecule has 4 nitrogen and oxygen atoms in total. The zero-order chi connectivity index (χ0) is 18.0. The van der Waals surface area contributed by atoms with E-state index in [0.29, 0.717) is 12.9 Å². The van der Waals surface area contributed by atoms with Gasteiger partial charge in [0.1, 0.15) is 12.2 Å². The highest BCUT2D eigenvalue weighted by Crippen LogP contribution is 2.37. The fourth-order valence-corrected chi connectivity index (χ4v) is 3.57. The summed E-state index contributed by atoms with van der Waals surface area (Å²) < 4.78 is 12.1. The Balaban J connectivity index is 1.95. The molecule has 0 spiro atoms. The number of ketones is 1. The van der Waals surface area contributed by atoms with Gasteiger partial charge in [0.2, 0.25) is 5.78 Å². The normalized spacial score (nSPS) is 23.2. The maximum atomic E-state index is 12.2. The largest absolute Gasteiger partial charge is 0.367 e. The molecular formula is C21H22O4. The Hall–Kier alpha value is -2.30. The van der Waals surface area contributed by atoms with E-state index >= 15 is 0 Å². The van der Waals surface area contributed by atoms with Crippen LogP contribution in [0.15, 0.2) is 42.5 Å². The van der Waals surface area contributed by atoms with Crippen molar-refractivity contribution in [2.45, 2.75) is 39.1 Å². The number of aldehydes is 1. The highest BCUT2D eigenvalue weighted by molar-refractivity contribution is 6.27. The summed E-state index contributed by atoms with van der Waals surface area (Å²) in [5, 5.41) is 0. The monoisotopic (exact) mass is 338 g/mol. The van der Waals surface area contributed by atoms with Crippen LogP contribution in [-0.4, -0.2) is 24.8 Å². The molecule has 0 aliphatic carbocycles. The molecular weight excluding hydrogens is 316 g/mol. The third kappa shape index (κ3) is 3.55. The molecule has 3 atom stereocenters. The van der Waals surface area contributed by atoms with E-state index in [-0.39, 0.29) is 6.10 Å². The fourth-order valence-electron chi connectivity index (χ4n) is 3.57. The molecule has 130 valence electrons. The molecule has 2 aromatic carbocycles. The second kappa shape index (κ2) is 7.30. The zero-order valence-corrected chi connectivity index (χ0v) is 14.7. The number of carbonyl (C=O) groups is 2. The summed E-state index contributed by atoms with van der Waals surface area (Å²) >= 11 is 0. The van der Waals surface area contributed by atoms with Crippen molar-refractivity contribution < 1.29 is 19.1 Å². The molecule has 1 fully saturated rings. The molecule has 0 bridgehead atoms. The minimum atomic E-state index is -0.934. The molecule has 4 heteroatoms. The van der Waals surface area contributed by atoms with Crippen LogP contribution in [0.25, 0.3) is 0 Å². The second-order valence-electron chi connectivity index (χ2n) is 6.54. The number of rotatable bonds is 4. The molecule has 0 radical (unpaired) electrons. The summed E-state index contributed by atoms with van der Waals surface area (Å²) in [4.78, 5) is 23.4. The molecule has 25 heavy (non-hydrogen) atoms. The van der Waals surface area contributed by atoms with Crippen molar-refractivity contribution in [2.75, 3.05) is 6.61 Å². The first-order valence-corrected chi connectivity index (χ1v) is 8.40. The van der Waals surface area contributed by atoms with Gasteiger partial charge in [0.05, 0.1) is 6.61 Å². The molecule has 1 aliphatic rings. The topological polar surface area (TPSA) is 52.6 Å². The van der Waals surface area contributed by atoms with Gasteiger partial charge in [-0.1, -0.05) is 48.0 Å². The fraction of sp³-hybridized carbons (Fsp3) is 0.333. The van der Waals surface area contributed by atoms with Crippen LogP contribution in [0.1, 0.15) is 40.0 Å². The first kappa shape index (κ1) is 17.5. The summed E-state index contributed by atoms with van der Waals surface area (Å²) in [5.74, 6) is -0.593. The zero-order valence-electron chi connectivity index (χ0n) is 14.7. The number of Topliss-reactive ketones (excluding diaryl/α,β-unsaturated/α-hetero) is 1. The van der Waals surface area contributed by atoms with E-state index in [1.165, 1.54) is 0 Å². The van der Waals surface area contributed by atoms with Gasteiger partial charge in [-0.25, -0.2) is 0 Å². The third-order valence-electron chi connectivity index (χ3n) is 4.60. The van der Waals surface area contributed by atoms with E-state index in [9.17, 15) is 9.59 Å². The van der Waals surface area contributed by atoms with E-state index in [1.54, 1.807) is 0 Å². The SMILES string of the molecule is Cc1cc(C)c(C2OCC(c3ccccc3)OC2C(=O)C=O)c(C)c1. The number of ether oxygens (including phenoxy) is 2. The average Bonchev–Trinajstić information content (AvgIpc) is 2.61. The summed E-state index contributed by atoms with van der Waals surface area (Å²) in [6.45, 7) is 6.35. The standard InChI is InChI=1S/C21H22O4/c1-13-9-14(2)19(15(3)10-13)21-20(17(23)11-22)25-18(12-24-21)16-7-5-4-6-8-16/h4-11,18,20-21H,12H2,1-3H3. The van der Waals surface area contributed by atoms with Crippen molar-refractivity contribution in [3.8, 4) is 0 Å². The van der Waals surface area contributed by atoms with Crippen LogP contribution >= 0.6 is 0 Å². The average molecular weight is 338 g/mol. The van der Waals surface area contributed by atoms with Crippen molar-refractivity contribution >= 4 is 12.1 Å². The number of aryl methyl sites for hydroxylation is 3. The summed E-state index contributed by atoms with van der Waals surface area (Å²) in [5.41, 5.74) is 5.08. The Morgan fingerprint density at radius 1 is 1.08 bits per heavy atom. The molecule has 2 aromatic rings. The number of hydrogen-bond acceptors (Lipinski definition) is 4. The Morgan fingerprint density at radius 3 is 2.32 bits per heavy atom. The van der Waals surface area contributed by atoms with Gasteiger partial charge in [0.15, 0.2) is 12.4 Å². The lowest BCUT2D eigenvalue weighted by Crippen LogP contribution is -2.41. The molecule has 1 aliphatic heterocycles. The molecule has 0 N–H and O–H groups in total. The lowest BCUT2D eigenvalue weighted by atomic mass is 9.90. The minimum absolute atomic E-state index is 0.327. The van der Waals surface area contributed by atoms with Crippen molar-refractivity contribution in [3.63, 3.8) is 0 Å². The Morgan fingerprint density at radius 2 is 1.72 bits per heavy atom. The van der Waals surface area contributed by atoms with Gasteiger partial charge < -0.3 is 9.47 Å². The molecule has 3 unspecified atom stereocenters. The van der Waals surface area contributed by atoms with E-state index in [2.05, 4.69) is 12.1 Å². The summed E-state index contributed by atoms with van der Waals surface area (Å²) in [6.07, 6.45) is -1.54. The van der Waals surface area contributed by atoms with E-state index in [1.807, 2.05) is 51.1 Å². The highest BCUT2D eigenvalue weighted by Gasteiger charge is 2.39. The Bertz CT molecular complexity index is 759. The molecule has 0 aromatic heterocycles. The van der Waals surface area contributed by atoms with Crippen LogP contribution in [-0.2, 0) is 19.1 Å². The smallest absolute Gasteiger partial charge is 0.226 e. The van der Waals surface area contributed by atoms with Crippen LogP contribution in [0.5, 0.6) is 0 Å². The lowest BCUT2D eigenvalue weighted by molar-refractivity contribution is -0.190. The van der Waals surface area contributed by atoms with Crippen LogP contribution in [0.3, 0.4) is 0 Å². The quantitative estimate of drug-likeness (QED) is 0.632. The van der Waals surface area contributed by atoms with Crippen molar-refractivity contribution in [1.29, 1.82) is 0 Å². The lowest BCUT2D eigenvalue weighted by Gasteiger charge is -2.36. The van der Waals surface area contributed by atoms with Gasteiger partial charge in [0, 0.05) is 0 Å². The minimum Gasteiger partial charge on any atom is -0.367 e. The highest BCUT2D eigenvalue weighted by atomic mass is 16.6. The van der Waals surface area contributed by atoms with Gasteiger partial charge in [-0.2, -0.15) is 0 Å². The van der Waals surface area contributed by atoms with E-state index in [0.717, 1.165) is 27.8 Å². The van der Waals surface area contributed by atoms with Crippen molar-refractivity contribution in [1.82, 2.24) is 0 Å². The number of benzene rings is 2. The Labute approximate surface area is 147 Å². The van der Waals surface area contributed by atoms with Gasteiger partial charge >= 0.3 is 0 Å². The predicted octanol–water partition coefficient (Wildman–Crippen LogP) is 3.58. The van der Waals surface area contributed by atoms with Crippen molar-refractivity contribution in [3.05, 3.63) is 70.3 Å². The summed E-state index contributed by atoms with van der Waals surface area (Å²) in [6, 6.07) is 13.7. The van der Waals surface area contributed by atoms with Crippen LogP contribution in [0.2, 0.25) is 0 Å². The molecule has 3 rings (SSSR count). The predicted molar refractivity (Wildman–Crippen MR) is 94.5 cm³/mol. The van der Waals surface area contributed by atoms with Crippen LogP contribution in [0.4, 0.5) is 0 Å². The maximum absolute atomic E-state index is 12.2. The summed E-state index contributed by atoms with van der Waals surface area (Å²) in [7, 11) is 0. The molecule has 0 saturated carbocycles. The van der Waals surface area contributed by atoms with E-state index in [4.69, 9.17) is 9.47 Å². The second-order valence-corrected chi connectivity index (χ2v) is 6.54. The Kier molecular flexibility index (Phi) is 5.11. The van der Waals surface area contributed by atoms with Gasteiger partial charge in [-0.15, -0.1) is 0 Å². The van der Waals surface area contributed by atoms with Crippen LogP contribution in [0, 0.1) is 20.8 Å². The third-order valence-corrected chi connectivity index (χ3v) is 4.60. The number of hydrogen-bond donors (Lipinski definition) is 0. The first-order chi connectivity index (χ1) is 12.0.